The largest absolute Gasteiger partial charge is 0.414 e. The summed E-state index contributed by atoms with van der Waals surface area (Å²) in [6.07, 6.45) is 20.7. The van der Waals surface area contributed by atoms with Crippen molar-refractivity contribution >= 4 is 18.4 Å². The van der Waals surface area contributed by atoms with Gasteiger partial charge in [0.15, 0.2) is 8.32 Å². The predicted molar refractivity (Wildman–Crippen MR) is 177 cm³/mol. The Balaban J connectivity index is 2.27. The van der Waals surface area contributed by atoms with Crippen LogP contribution in [0, 0.1) is 6.92 Å². The molecule has 0 amide bonds. The van der Waals surface area contributed by atoms with E-state index in [1.165, 1.54) is 89.9 Å². The maximum atomic E-state index is 12.9. The smallest absolute Gasteiger partial charge is 0.297 e. The van der Waals surface area contributed by atoms with Crippen molar-refractivity contribution < 1.29 is 21.8 Å². The maximum absolute atomic E-state index is 12.9. The molecule has 0 aliphatic carbocycles. The van der Waals surface area contributed by atoms with Gasteiger partial charge in [0, 0.05) is 6.61 Å². The summed E-state index contributed by atoms with van der Waals surface area (Å²) in [6, 6.07) is 6.75. The molecule has 1 rings (SSSR count). The lowest BCUT2D eigenvalue weighted by atomic mass is 10.0. The van der Waals surface area contributed by atoms with Gasteiger partial charge in [-0.1, -0.05) is 142 Å². The summed E-state index contributed by atoms with van der Waals surface area (Å²) >= 11 is 0. The molecule has 7 heteroatoms. The summed E-state index contributed by atoms with van der Waals surface area (Å²) in [5.74, 6) is 0. The molecule has 0 N–H and O–H groups in total. The molecule has 0 heterocycles. The number of ether oxygens (including phenoxy) is 1. The third-order valence-corrected chi connectivity index (χ3v) is 14.3. The predicted octanol–water partition coefficient (Wildman–Crippen LogP) is 10.4. The molecule has 41 heavy (non-hydrogen) atoms. The normalized spacial score (nSPS) is 13.5. The monoisotopic (exact) mass is 612 g/mol. The molecule has 0 bridgehead atoms. The van der Waals surface area contributed by atoms with Gasteiger partial charge in [-0.25, -0.2) is 0 Å². The first kappa shape index (κ1) is 38.3. The van der Waals surface area contributed by atoms with Crippen molar-refractivity contribution in [1.29, 1.82) is 0 Å². The Labute approximate surface area is 255 Å². The molecule has 5 nitrogen and oxygen atoms in total. The lowest BCUT2D eigenvalue weighted by Crippen LogP contribution is -2.44. The highest BCUT2D eigenvalue weighted by Gasteiger charge is 2.38. The first-order valence-electron chi connectivity index (χ1n) is 16.6. The standard InChI is InChI=1S/C34H64O5SSi/c1-8-9-10-11-12-13-14-15-16-17-18-19-20-21-22-23-28-37-29-32(30-38-41(6,7)34(3,4)5)39-40(35,36)33-26-24-31(2)25-27-33/h24-27,32H,8-23,28-30H2,1-7H3/t32-/m0/s1. The zero-order valence-corrected chi connectivity index (χ0v) is 29.6. The SMILES string of the molecule is CCCCCCCCCCCCCCCCCCOC[C@@H](CO[Si](C)(C)C(C)(C)C)OS(=O)(=O)c1ccc(C)cc1. The second-order valence-corrected chi connectivity index (χ2v) is 19.8. The van der Waals surface area contributed by atoms with E-state index in [9.17, 15) is 8.42 Å². The maximum Gasteiger partial charge on any atom is 0.297 e. The molecule has 0 saturated carbocycles. The fourth-order valence-electron chi connectivity index (χ4n) is 4.53. The number of hydrogen-bond acceptors (Lipinski definition) is 5. The van der Waals surface area contributed by atoms with Gasteiger partial charge in [-0.05, 0) is 43.6 Å². The van der Waals surface area contributed by atoms with Crippen LogP contribution in [0.3, 0.4) is 0 Å². The van der Waals surface area contributed by atoms with Crippen LogP contribution < -0.4 is 0 Å². The summed E-state index contributed by atoms with van der Waals surface area (Å²) in [4.78, 5) is 0.165. The number of benzene rings is 1. The van der Waals surface area contributed by atoms with Crippen molar-refractivity contribution in [3.05, 3.63) is 29.8 Å². The van der Waals surface area contributed by atoms with Crippen molar-refractivity contribution in [3.63, 3.8) is 0 Å². The number of rotatable bonds is 25. The van der Waals surface area contributed by atoms with E-state index in [0.717, 1.165) is 18.4 Å². The summed E-state index contributed by atoms with van der Waals surface area (Å²) in [7, 11) is -5.95. The van der Waals surface area contributed by atoms with Gasteiger partial charge in [-0.3, -0.25) is 4.18 Å². The van der Waals surface area contributed by atoms with E-state index in [1.54, 1.807) is 24.3 Å². The fraction of sp³-hybridized carbons (Fsp3) is 0.824. The van der Waals surface area contributed by atoms with Gasteiger partial charge < -0.3 is 9.16 Å². The van der Waals surface area contributed by atoms with E-state index in [4.69, 9.17) is 13.3 Å². The third kappa shape index (κ3) is 17.9. The van der Waals surface area contributed by atoms with Crippen molar-refractivity contribution in [2.45, 2.75) is 166 Å². The van der Waals surface area contributed by atoms with E-state index in [-0.39, 0.29) is 23.1 Å². The summed E-state index contributed by atoms with van der Waals surface area (Å²) < 4.78 is 43.8. The average molecular weight is 613 g/mol. The minimum Gasteiger partial charge on any atom is -0.414 e. The Kier molecular flexibility index (Phi) is 19.7. The van der Waals surface area contributed by atoms with Crippen molar-refractivity contribution in [2.24, 2.45) is 0 Å². The van der Waals surface area contributed by atoms with Crippen LogP contribution in [0.15, 0.2) is 29.2 Å². The topological polar surface area (TPSA) is 61.8 Å². The van der Waals surface area contributed by atoms with Crippen LogP contribution in [-0.2, 0) is 23.5 Å². The first-order valence-corrected chi connectivity index (χ1v) is 20.9. The molecular weight excluding hydrogens is 549 g/mol. The van der Waals surface area contributed by atoms with Gasteiger partial charge in [0.1, 0.15) is 6.10 Å². The molecule has 0 aliphatic rings. The highest BCUT2D eigenvalue weighted by molar-refractivity contribution is 7.86. The second kappa shape index (κ2) is 21.0. The van der Waals surface area contributed by atoms with Crippen molar-refractivity contribution in [2.75, 3.05) is 19.8 Å². The Hall–Kier alpha value is -0.733. The quantitative estimate of drug-likeness (QED) is 0.0624. The average Bonchev–Trinajstić information content (AvgIpc) is 2.90. The molecule has 0 aliphatic heterocycles. The lowest BCUT2D eigenvalue weighted by molar-refractivity contribution is 0.0247. The summed E-state index contributed by atoms with van der Waals surface area (Å²) in [6.45, 7) is 16.1. The molecule has 240 valence electrons. The van der Waals surface area contributed by atoms with Crippen LogP contribution in [0.1, 0.15) is 136 Å². The van der Waals surface area contributed by atoms with E-state index in [1.807, 2.05) is 6.92 Å². The molecule has 0 saturated heterocycles. The molecule has 1 aromatic carbocycles. The Bertz CT molecular complexity index is 877. The third-order valence-electron chi connectivity index (χ3n) is 8.45. The highest BCUT2D eigenvalue weighted by atomic mass is 32.2. The van der Waals surface area contributed by atoms with Gasteiger partial charge in [0.2, 0.25) is 0 Å². The van der Waals surface area contributed by atoms with E-state index < -0.39 is 24.5 Å². The lowest BCUT2D eigenvalue weighted by Gasteiger charge is -2.37. The van der Waals surface area contributed by atoms with Crippen molar-refractivity contribution in [1.82, 2.24) is 0 Å². The highest BCUT2D eigenvalue weighted by Crippen LogP contribution is 2.36. The number of aryl methyl sites for hydroxylation is 1. The number of unbranched alkanes of at least 4 members (excludes halogenated alkanes) is 15. The molecule has 1 aromatic rings. The molecule has 0 aromatic heterocycles. The minimum absolute atomic E-state index is 0.0296. The molecule has 0 spiro atoms. The Morgan fingerprint density at radius 2 is 1.15 bits per heavy atom. The Morgan fingerprint density at radius 1 is 0.707 bits per heavy atom. The van der Waals surface area contributed by atoms with Crippen LogP contribution in [0.2, 0.25) is 18.1 Å². The molecule has 0 fully saturated rings. The van der Waals surface area contributed by atoms with Gasteiger partial charge >= 0.3 is 0 Å². The fourth-order valence-corrected chi connectivity index (χ4v) is 6.61. The summed E-state index contributed by atoms with van der Waals surface area (Å²) in [5.41, 5.74) is 1.00. The van der Waals surface area contributed by atoms with E-state index >= 15 is 0 Å². The van der Waals surface area contributed by atoms with Crippen molar-refractivity contribution in [3.8, 4) is 0 Å². The zero-order valence-electron chi connectivity index (χ0n) is 27.8. The van der Waals surface area contributed by atoms with Gasteiger partial charge in [0.05, 0.1) is 18.1 Å². The van der Waals surface area contributed by atoms with E-state index in [0.29, 0.717) is 6.61 Å². The Morgan fingerprint density at radius 3 is 1.59 bits per heavy atom. The van der Waals surface area contributed by atoms with Gasteiger partial charge in [-0.15, -0.1) is 0 Å². The van der Waals surface area contributed by atoms with Crippen LogP contribution in [0.4, 0.5) is 0 Å². The number of hydrogen-bond donors (Lipinski definition) is 0. The minimum atomic E-state index is -3.90. The van der Waals surface area contributed by atoms with Crippen LogP contribution in [0.5, 0.6) is 0 Å². The molecule has 0 radical (unpaired) electrons. The van der Waals surface area contributed by atoms with Crippen LogP contribution in [0.25, 0.3) is 0 Å². The van der Waals surface area contributed by atoms with Crippen LogP contribution >= 0.6 is 0 Å². The van der Waals surface area contributed by atoms with Gasteiger partial charge in [0.25, 0.3) is 10.1 Å². The molecular formula is C34H64O5SSi. The van der Waals surface area contributed by atoms with Crippen LogP contribution in [-0.4, -0.2) is 42.7 Å². The first-order chi connectivity index (χ1) is 19.4. The van der Waals surface area contributed by atoms with Gasteiger partial charge in [-0.2, -0.15) is 8.42 Å². The second-order valence-electron chi connectivity index (χ2n) is 13.4. The zero-order chi connectivity index (χ0) is 30.6. The van der Waals surface area contributed by atoms with E-state index in [2.05, 4.69) is 40.8 Å². The molecule has 0 unspecified atom stereocenters. The summed E-state index contributed by atoms with van der Waals surface area (Å²) in [5, 5.41) is 0.0296. The molecule has 1 atom stereocenters.